The first-order valence-corrected chi connectivity index (χ1v) is 39.3. The summed E-state index contributed by atoms with van der Waals surface area (Å²) in [6.45, 7) is 2.49. The highest BCUT2D eigenvalue weighted by atomic mass is 16.4. The number of unbranched alkanes of at least 4 members (excludes halogenated alkanes) is 10. The van der Waals surface area contributed by atoms with Gasteiger partial charge in [0.1, 0.15) is 36.3 Å². The normalized spacial score (nSPS) is 13.1. The topological polar surface area (TPSA) is 543 Å². The number of nitrogens with zero attached hydrogens (tertiary/aromatic N) is 1. The molecule has 0 aliphatic carbocycles. The van der Waals surface area contributed by atoms with Crippen LogP contribution in [0.1, 0.15) is 164 Å². The van der Waals surface area contributed by atoms with Crippen LogP contribution in [0.25, 0.3) is 0 Å². The Morgan fingerprint density at radius 3 is 0.852 bits per heavy atom. The molecule has 8 unspecified atom stereocenters. The molecule has 20 N–H and O–H groups in total. The number of carbonyl (C=O) groups is 14. The zero-order valence-electron chi connectivity index (χ0n) is 65.1. The van der Waals surface area contributed by atoms with Crippen LogP contribution in [-0.2, 0) is 83.2 Å². The zero-order chi connectivity index (χ0) is 83.8. The number of carboxylic acids is 6. The number of hydrogen-bond acceptors (Lipinski definition) is 18. The molecule has 10 amide bonds. The second kappa shape index (κ2) is 57.8. The lowest BCUT2D eigenvalue weighted by Crippen LogP contribution is -2.55. The van der Waals surface area contributed by atoms with E-state index in [0.717, 1.165) is 60.8 Å². The molecule has 0 aliphatic heterocycles. The Kier molecular flexibility index (Phi) is 48.4. The van der Waals surface area contributed by atoms with E-state index in [1.54, 1.807) is 0 Å². The summed E-state index contributed by atoms with van der Waals surface area (Å²) in [5.74, 6) is -9.88. The minimum absolute atomic E-state index is 0.00103. The molecule has 4 aromatic rings. The molecule has 0 aliphatic rings. The van der Waals surface area contributed by atoms with Crippen molar-refractivity contribution in [2.45, 2.75) is 215 Å². The predicted octanol–water partition coefficient (Wildman–Crippen LogP) is 3.08. The average molecular weight is 1610 g/mol. The average Bonchev–Trinajstić information content (AvgIpc) is 0.870. The van der Waals surface area contributed by atoms with E-state index in [4.69, 9.17) is 10.2 Å². The number of amides is 10. The van der Waals surface area contributed by atoms with Gasteiger partial charge in [-0.25, -0.2) is 39.6 Å². The van der Waals surface area contributed by atoms with E-state index < -0.39 is 109 Å². The molecule has 0 fully saturated rings. The van der Waals surface area contributed by atoms with Crippen molar-refractivity contribution in [3.8, 4) is 0 Å². The lowest BCUT2D eigenvalue weighted by molar-refractivity contribution is -0.142. The van der Waals surface area contributed by atoms with Crippen LogP contribution in [0.5, 0.6) is 0 Å². The number of rotatable bonds is 64. The summed E-state index contributed by atoms with van der Waals surface area (Å²) in [6.07, 6.45) is 8.58. The summed E-state index contributed by atoms with van der Waals surface area (Å²) in [5, 5.41) is 88.2. The molecule has 8 atom stereocenters. The summed E-state index contributed by atoms with van der Waals surface area (Å²) in [6, 6.07) is 26.6. The third-order valence-electron chi connectivity index (χ3n) is 18.4. The van der Waals surface area contributed by atoms with Crippen molar-refractivity contribution < 1.29 is 97.8 Å². The first-order valence-electron chi connectivity index (χ1n) is 39.3. The molecule has 1 radical (unpaired) electrons. The van der Waals surface area contributed by atoms with Gasteiger partial charge in [0.15, 0.2) is 0 Å². The summed E-state index contributed by atoms with van der Waals surface area (Å²) >= 11 is 0. The van der Waals surface area contributed by atoms with Gasteiger partial charge in [0, 0.05) is 90.9 Å². The minimum Gasteiger partial charge on any atom is -0.481 e. The third-order valence-corrected chi connectivity index (χ3v) is 18.4. The van der Waals surface area contributed by atoms with E-state index in [0.29, 0.717) is 103 Å². The van der Waals surface area contributed by atoms with E-state index >= 15 is 0 Å². The number of carboxylic acid groups (broad SMARTS) is 6. The minimum atomic E-state index is -1.52. The Morgan fingerprint density at radius 2 is 0.539 bits per heavy atom. The zero-order valence-corrected chi connectivity index (χ0v) is 65.1. The number of urea groups is 2. The van der Waals surface area contributed by atoms with Gasteiger partial charge in [0.2, 0.25) is 35.4 Å². The van der Waals surface area contributed by atoms with Gasteiger partial charge < -0.3 is 94.4 Å². The first-order chi connectivity index (χ1) is 55.4. The van der Waals surface area contributed by atoms with E-state index in [9.17, 15) is 87.5 Å². The van der Waals surface area contributed by atoms with Crippen LogP contribution in [0.2, 0.25) is 0 Å². The lowest BCUT2D eigenvalue weighted by Gasteiger charge is -2.24. The fourth-order valence-electron chi connectivity index (χ4n) is 12.1. The summed E-state index contributed by atoms with van der Waals surface area (Å²) < 4.78 is 0. The van der Waals surface area contributed by atoms with Gasteiger partial charge in [0.05, 0.1) is 12.1 Å². The highest BCUT2D eigenvalue weighted by molar-refractivity contribution is 5.92. The number of hydrogen-bond donors (Lipinski definition) is 20. The van der Waals surface area contributed by atoms with Crippen molar-refractivity contribution in [3.05, 3.63) is 144 Å². The first kappa shape index (κ1) is 96.2. The van der Waals surface area contributed by atoms with Crippen molar-refractivity contribution in [2.24, 2.45) is 0 Å². The van der Waals surface area contributed by atoms with Gasteiger partial charge in [-0.15, -0.1) is 0 Å². The van der Waals surface area contributed by atoms with Crippen molar-refractivity contribution in [1.82, 2.24) is 80.2 Å². The molecule has 0 bridgehead atoms. The van der Waals surface area contributed by atoms with Gasteiger partial charge in [-0.1, -0.05) is 165 Å². The molecule has 0 spiro atoms. The Hall–Kier alpha value is -11.1. The Balaban J connectivity index is 1.17. The van der Waals surface area contributed by atoms with Gasteiger partial charge in [0.25, 0.3) is 0 Å². The van der Waals surface area contributed by atoms with Crippen molar-refractivity contribution >= 4 is 83.3 Å². The second-order valence-corrected chi connectivity index (χ2v) is 27.8. The highest BCUT2D eigenvalue weighted by Crippen LogP contribution is 2.14. The van der Waals surface area contributed by atoms with Gasteiger partial charge in [-0.3, -0.25) is 38.4 Å². The molecule has 115 heavy (non-hydrogen) atoms. The van der Waals surface area contributed by atoms with Crippen LogP contribution in [0.3, 0.4) is 0 Å². The fourth-order valence-corrected chi connectivity index (χ4v) is 12.1. The predicted molar refractivity (Wildman–Crippen MR) is 424 cm³/mol. The monoisotopic (exact) mass is 1610 g/mol. The molecule has 631 valence electrons. The molecule has 35 nitrogen and oxygen atoms in total. The quantitative estimate of drug-likeness (QED) is 0.0223. The number of carbonyl (C=O) groups excluding carboxylic acids is 8. The maximum Gasteiger partial charge on any atom is 0.326 e. The Morgan fingerprint density at radius 1 is 0.261 bits per heavy atom. The summed E-state index contributed by atoms with van der Waals surface area (Å²) in [4.78, 5) is 174. The molecule has 0 saturated carbocycles. The molecule has 0 aromatic heterocycles. The second-order valence-electron chi connectivity index (χ2n) is 27.8. The third kappa shape index (κ3) is 44.8. The van der Waals surface area contributed by atoms with E-state index in [1.807, 2.05) is 121 Å². The van der Waals surface area contributed by atoms with Crippen LogP contribution in [0, 0.1) is 0 Å². The largest absolute Gasteiger partial charge is 0.481 e. The molecular weight excluding hydrogens is 1490 g/mol. The van der Waals surface area contributed by atoms with Gasteiger partial charge in [-0.2, -0.15) is 0 Å². The van der Waals surface area contributed by atoms with Crippen LogP contribution >= 0.6 is 0 Å². The number of benzene rings is 4. The molecule has 4 aromatic carbocycles. The number of nitrogens with one attached hydrogen (secondary N) is 14. The molecular formula is C80H116N15O20. The number of aliphatic carboxylic acids is 6. The SMILES string of the molecule is O=C(O)CCC(NC(=O)NC(CCCCNC(=O)CCCCCCCNC(=O)C(Cc1ccccc1)NC(=O)C(Cc1ccccc1)NCCN[N]NCCNC(Cc1ccccc1)C(=O)NC(Cc1ccccc1)C(=O)NCCCCCCCC(=O)NCCCCC(NC(=O)NC(CCC(=O)O)C(=O)O)C(=O)O)C(=O)O)C(=O)O. The van der Waals surface area contributed by atoms with Crippen LogP contribution < -0.4 is 80.2 Å². The van der Waals surface area contributed by atoms with Crippen LogP contribution in [0.4, 0.5) is 9.59 Å². The van der Waals surface area contributed by atoms with E-state index in [2.05, 4.69) is 80.2 Å². The van der Waals surface area contributed by atoms with Gasteiger partial charge >= 0.3 is 47.9 Å². The van der Waals surface area contributed by atoms with Crippen LogP contribution in [-0.4, -0.2) is 215 Å². The Bertz CT molecular complexity index is 3380. The maximum atomic E-state index is 14.3. The van der Waals surface area contributed by atoms with Crippen LogP contribution in [0.15, 0.2) is 121 Å². The van der Waals surface area contributed by atoms with Crippen molar-refractivity contribution in [1.29, 1.82) is 0 Å². The molecule has 35 heteroatoms. The molecule has 0 saturated heterocycles. The van der Waals surface area contributed by atoms with E-state index in [-0.39, 0.29) is 99.9 Å². The fraction of sp³-hybridized carbons (Fsp3) is 0.525. The smallest absolute Gasteiger partial charge is 0.326 e. The molecule has 0 heterocycles. The standard InChI is InChI=1S/C80H116N15O20/c96-67(83-43-25-21-35-59(75(106)107)91-79(114)93-61(77(110)111)39-41-69(98)99)37-19-3-1-5-23-45-85-71(102)65(53-57-31-15-9-16-32-57)89-73(104)63(51-55-27-11-7-12-28-55)81-47-49-87-95-88-50-48-82-64(52-56-29-13-8-14-30-56)74(105)90-66(54-58-33-17-10-18-34-58)72(103)86-46-24-6-2-4-20-38-68(97)84-44-26-22-36-60(76(108)109)92-80(115)94-62(78(112)113)40-42-70(100)101/h7-18,27-34,59-66,81-82,87-88H,1-6,19-26,35-54H2,(H,83,96)(H,84,97)(H,85,102)(H,86,103)(H,89,104)(H,90,105)(H,98,99)(H,100,101)(H,106,107)(H,108,109)(H,110,111)(H,112,113)(H2,91,93,114)(H2,92,94,115). The summed E-state index contributed by atoms with van der Waals surface area (Å²) in [7, 11) is 0. The summed E-state index contributed by atoms with van der Waals surface area (Å²) in [5.41, 5.74) is 13.7. The molecule has 4 rings (SSSR count). The lowest BCUT2D eigenvalue weighted by atomic mass is 10.0. The highest BCUT2D eigenvalue weighted by Gasteiger charge is 2.31. The van der Waals surface area contributed by atoms with Crippen molar-refractivity contribution in [2.75, 3.05) is 52.4 Å². The van der Waals surface area contributed by atoms with E-state index in [1.165, 1.54) is 0 Å². The maximum absolute atomic E-state index is 14.3. The van der Waals surface area contributed by atoms with Gasteiger partial charge in [-0.05, 0) is 112 Å². The Labute approximate surface area is 669 Å². The van der Waals surface area contributed by atoms with Crippen molar-refractivity contribution in [3.63, 3.8) is 0 Å².